The predicted molar refractivity (Wildman–Crippen MR) is 235 cm³/mol. The maximum atomic E-state index is 5.35. The summed E-state index contributed by atoms with van der Waals surface area (Å²) in [6.07, 6.45) is 0. The van der Waals surface area contributed by atoms with E-state index in [2.05, 4.69) is 188 Å². The van der Waals surface area contributed by atoms with Gasteiger partial charge in [0, 0.05) is 38.2 Å². The van der Waals surface area contributed by atoms with Gasteiger partial charge in [0.1, 0.15) is 0 Å². The Morgan fingerprint density at radius 1 is 0.232 bits per heavy atom. The molecule has 0 saturated heterocycles. The third kappa shape index (κ3) is 5.32. The lowest BCUT2D eigenvalue weighted by atomic mass is 9.89. The third-order valence-electron chi connectivity index (χ3n) is 11.1. The first-order chi connectivity index (χ1) is 27.8. The molecular formula is C53H33N3. The average Bonchev–Trinajstić information content (AvgIpc) is 3.28. The quantitative estimate of drug-likeness (QED) is 0.167. The molecule has 0 fully saturated rings. The highest BCUT2D eigenvalue weighted by Crippen LogP contribution is 2.43. The third-order valence-corrected chi connectivity index (χ3v) is 11.1. The van der Waals surface area contributed by atoms with Crippen LogP contribution in [-0.4, -0.2) is 15.0 Å². The van der Waals surface area contributed by atoms with Crippen molar-refractivity contribution in [2.45, 2.75) is 0 Å². The number of fused-ring (bicyclic) bond motifs is 9. The molecule has 0 amide bonds. The zero-order chi connectivity index (χ0) is 37.0. The van der Waals surface area contributed by atoms with Crippen LogP contribution in [0.2, 0.25) is 0 Å². The first-order valence-corrected chi connectivity index (χ1v) is 19.0. The van der Waals surface area contributed by atoms with Crippen LogP contribution >= 0.6 is 0 Å². The predicted octanol–water partition coefficient (Wildman–Crippen LogP) is 14.0. The number of hydrogen-bond donors (Lipinski definition) is 0. The Kier molecular flexibility index (Phi) is 7.49. The lowest BCUT2D eigenvalue weighted by molar-refractivity contribution is 1.23. The van der Waals surface area contributed by atoms with E-state index < -0.39 is 0 Å². The number of rotatable bonds is 5. The molecule has 56 heavy (non-hydrogen) atoms. The summed E-state index contributed by atoms with van der Waals surface area (Å²) in [4.78, 5) is 15.6. The molecule has 260 valence electrons. The number of aromatic nitrogens is 3. The summed E-state index contributed by atoms with van der Waals surface area (Å²) in [5.41, 5.74) is 11.6. The van der Waals surface area contributed by atoms with E-state index in [1.807, 2.05) is 12.1 Å². The van der Waals surface area contributed by atoms with Crippen molar-refractivity contribution in [3.63, 3.8) is 0 Å². The van der Waals surface area contributed by atoms with Gasteiger partial charge in [0.25, 0.3) is 0 Å². The fraction of sp³-hybridized carbons (Fsp3) is 0. The zero-order valence-corrected chi connectivity index (χ0v) is 30.4. The Morgan fingerprint density at radius 3 is 1.39 bits per heavy atom. The standard InChI is InChI=1S/C53H33N3/c1-2-13-34(14-3-1)35-27-31-38(32-28-35)53-55-48-24-11-9-22-46(48)51(56-53)40-16-12-15-39(33-40)36-25-29-37(30-26-36)52-50-44-20-7-5-18-42(44)41-17-4-6-19-43(41)49(50)45-21-8-10-23-47(45)54-52/h1-33H. The van der Waals surface area contributed by atoms with Gasteiger partial charge in [-0.15, -0.1) is 0 Å². The van der Waals surface area contributed by atoms with E-state index in [0.717, 1.165) is 55.6 Å². The lowest BCUT2D eigenvalue weighted by Crippen LogP contribution is -1.95. The van der Waals surface area contributed by atoms with Gasteiger partial charge in [-0.1, -0.05) is 182 Å². The van der Waals surface area contributed by atoms with Gasteiger partial charge in [0.15, 0.2) is 5.82 Å². The van der Waals surface area contributed by atoms with Crippen molar-refractivity contribution in [1.82, 2.24) is 15.0 Å². The van der Waals surface area contributed by atoms with Crippen molar-refractivity contribution in [1.29, 1.82) is 0 Å². The summed E-state index contributed by atoms with van der Waals surface area (Å²) in [6, 6.07) is 70.9. The molecule has 0 radical (unpaired) electrons. The first kappa shape index (κ1) is 32.0. The first-order valence-electron chi connectivity index (χ1n) is 19.0. The second-order valence-electron chi connectivity index (χ2n) is 14.3. The molecule has 0 aliphatic carbocycles. The SMILES string of the molecule is c1ccc(-c2ccc(-c3nc(-c4cccc(-c5ccc(-c6nc7ccccc7c7c8ccccc8c8ccccc8c67)cc5)c4)c4ccccc4n3)cc2)cc1. The molecule has 11 aromatic rings. The fourth-order valence-electron chi connectivity index (χ4n) is 8.37. The van der Waals surface area contributed by atoms with Crippen molar-refractivity contribution in [3.8, 4) is 56.2 Å². The smallest absolute Gasteiger partial charge is 0.160 e. The summed E-state index contributed by atoms with van der Waals surface area (Å²) >= 11 is 0. The van der Waals surface area contributed by atoms with Crippen molar-refractivity contribution >= 4 is 54.1 Å². The molecule has 0 saturated carbocycles. The Balaban J connectivity index is 1.01. The van der Waals surface area contributed by atoms with Gasteiger partial charge in [0.2, 0.25) is 0 Å². The topological polar surface area (TPSA) is 38.7 Å². The molecule has 0 unspecified atom stereocenters. The molecule has 9 aromatic carbocycles. The van der Waals surface area contributed by atoms with Crippen LogP contribution in [0.5, 0.6) is 0 Å². The maximum absolute atomic E-state index is 5.35. The van der Waals surface area contributed by atoms with Gasteiger partial charge in [-0.2, -0.15) is 0 Å². The van der Waals surface area contributed by atoms with Crippen LogP contribution in [0.25, 0.3) is 110 Å². The Hall–Kier alpha value is -7.49. The Bertz CT molecular complexity index is 3280. The number of para-hydroxylation sites is 2. The average molecular weight is 712 g/mol. The molecule has 0 bridgehead atoms. The van der Waals surface area contributed by atoms with E-state index in [0.29, 0.717) is 5.82 Å². The highest BCUT2D eigenvalue weighted by Gasteiger charge is 2.18. The van der Waals surface area contributed by atoms with E-state index in [1.165, 1.54) is 48.8 Å². The van der Waals surface area contributed by atoms with E-state index in [4.69, 9.17) is 15.0 Å². The summed E-state index contributed by atoms with van der Waals surface area (Å²) in [5.74, 6) is 0.712. The van der Waals surface area contributed by atoms with E-state index in [9.17, 15) is 0 Å². The fourth-order valence-corrected chi connectivity index (χ4v) is 8.37. The second-order valence-corrected chi connectivity index (χ2v) is 14.3. The van der Waals surface area contributed by atoms with Crippen LogP contribution in [0.4, 0.5) is 0 Å². The van der Waals surface area contributed by atoms with E-state index in [-0.39, 0.29) is 0 Å². The summed E-state index contributed by atoms with van der Waals surface area (Å²) in [6.45, 7) is 0. The van der Waals surface area contributed by atoms with E-state index in [1.54, 1.807) is 0 Å². The molecule has 2 heterocycles. The van der Waals surface area contributed by atoms with Crippen LogP contribution < -0.4 is 0 Å². The van der Waals surface area contributed by atoms with Crippen LogP contribution in [0.1, 0.15) is 0 Å². The monoisotopic (exact) mass is 711 g/mol. The maximum Gasteiger partial charge on any atom is 0.160 e. The lowest BCUT2D eigenvalue weighted by Gasteiger charge is -2.16. The minimum Gasteiger partial charge on any atom is -0.247 e. The van der Waals surface area contributed by atoms with Crippen molar-refractivity contribution < 1.29 is 0 Å². The minimum absolute atomic E-state index is 0.712. The zero-order valence-electron chi connectivity index (χ0n) is 30.4. The van der Waals surface area contributed by atoms with Crippen LogP contribution in [-0.2, 0) is 0 Å². The van der Waals surface area contributed by atoms with Crippen molar-refractivity contribution in [2.24, 2.45) is 0 Å². The molecule has 0 N–H and O–H groups in total. The van der Waals surface area contributed by atoms with Gasteiger partial charge in [0.05, 0.1) is 22.4 Å². The largest absolute Gasteiger partial charge is 0.247 e. The van der Waals surface area contributed by atoms with E-state index >= 15 is 0 Å². The van der Waals surface area contributed by atoms with Crippen LogP contribution in [0, 0.1) is 0 Å². The molecule has 0 atom stereocenters. The number of benzene rings is 9. The highest BCUT2D eigenvalue weighted by atomic mass is 14.9. The molecule has 0 spiro atoms. The van der Waals surface area contributed by atoms with Crippen molar-refractivity contribution in [3.05, 3.63) is 200 Å². The molecule has 2 aromatic heterocycles. The Morgan fingerprint density at radius 2 is 0.696 bits per heavy atom. The second kappa shape index (κ2) is 13.1. The molecule has 3 heteroatoms. The summed E-state index contributed by atoms with van der Waals surface area (Å²) in [5, 5.41) is 9.61. The normalized spacial score (nSPS) is 11.6. The van der Waals surface area contributed by atoms with Crippen molar-refractivity contribution in [2.75, 3.05) is 0 Å². The van der Waals surface area contributed by atoms with Gasteiger partial charge in [-0.3, -0.25) is 0 Å². The molecule has 0 aliphatic rings. The molecule has 11 rings (SSSR count). The summed E-state index contributed by atoms with van der Waals surface area (Å²) in [7, 11) is 0. The summed E-state index contributed by atoms with van der Waals surface area (Å²) < 4.78 is 0. The molecular weight excluding hydrogens is 679 g/mol. The van der Waals surface area contributed by atoms with Gasteiger partial charge < -0.3 is 0 Å². The molecule has 0 aliphatic heterocycles. The van der Waals surface area contributed by atoms with Crippen LogP contribution in [0.3, 0.4) is 0 Å². The number of nitrogens with zero attached hydrogens (tertiary/aromatic N) is 3. The number of pyridine rings is 1. The highest BCUT2D eigenvalue weighted by molar-refractivity contribution is 6.33. The van der Waals surface area contributed by atoms with Crippen LogP contribution in [0.15, 0.2) is 200 Å². The van der Waals surface area contributed by atoms with Gasteiger partial charge >= 0.3 is 0 Å². The minimum atomic E-state index is 0.712. The van der Waals surface area contributed by atoms with Gasteiger partial charge in [-0.05, 0) is 62.0 Å². The number of hydrogen-bond acceptors (Lipinski definition) is 3. The van der Waals surface area contributed by atoms with Gasteiger partial charge in [-0.25, -0.2) is 15.0 Å². The Labute approximate surface area is 324 Å². The molecule has 3 nitrogen and oxygen atoms in total.